The summed E-state index contributed by atoms with van der Waals surface area (Å²) in [4.78, 5) is 2.04. The van der Waals surface area contributed by atoms with Gasteiger partial charge in [0.1, 0.15) is 0 Å². The van der Waals surface area contributed by atoms with Gasteiger partial charge in [-0.05, 0) is 13.8 Å². The predicted octanol–water partition coefficient (Wildman–Crippen LogP) is 4.92. The van der Waals surface area contributed by atoms with E-state index < -0.39 is 0 Å². The Balaban J connectivity index is -0.000000158. The van der Waals surface area contributed by atoms with Crippen molar-refractivity contribution in [1.29, 1.82) is 0 Å². The second-order valence-corrected chi connectivity index (χ2v) is 54.9. The first kappa shape index (κ1) is 44.1. The largest absolute Gasteiger partial charge is 0 e. The minimum Gasteiger partial charge on any atom is 0 e. The zero-order valence-electron chi connectivity index (χ0n) is 17.3. The monoisotopic (exact) mass is 1160 g/mol. The Morgan fingerprint density at radius 2 is 1.39 bits per heavy atom. The Morgan fingerprint density at radius 1 is 1.06 bits per heavy atom. The number of hydrogen-bond donors (Lipinski definition) is 2. The standard InChI is InChI=1S/C7H17N2OP.C4H11N2P.C3H6O.CH4.5HI.3V/c1-7(6-10)8-2-4-9(11)5-3-8;7-6-3-1-5-2-4-6;1-3-2-4-3;;;;;;;;;/h7,10H,2-6,11H2,1H3;5H,1-4,7H2;3H,2H2,1H3;1H4;5*1H;;;/q;;;;;;;;;;+2;+3/p-5. The Labute approximate surface area is 274 Å². The van der Waals surface area contributed by atoms with Crippen molar-refractivity contribution < 1.29 is 42.8 Å². The summed E-state index contributed by atoms with van der Waals surface area (Å²) < 4.78 is 9.19. The molecule has 0 spiro atoms. The molecule has 0 bridgehead atoms. The fourth-order valence-corrected chi connectivity index (χ4v) is 2.56. The maximum Gasteiger partial charge on any atom is 0 e. The van der Waals surface area contributed by atoms with Gasteiger partial charge in [0.25, 0.3) is 0 Å². The van der Waals surface area contributed by atoms with Gasteiger partial charge in [-0.15, -0.1) is 0 Å². The number of hydrogen-bond acceptors (Lipinski definition) is 6. The molecule has 16 heteroatoms. The minimum absolute atomic E-state index is 0. The molecule has 0 aromatic carbocycles. The van der Waals surface area contributed by atoms with Gasteiger partial charge in [-0.3, -0.25) is 14.2 Å². The second-order valence-electron chi connectivity index (χ2n) is 6.29. The molecule has 1 radical (unpaired) electrons. The topological polar surface area (TPSA) is 54.5 Å². The van der Waals surface area contributed by atoms with Crippen LogP contribution in [0.5, 0.6) is 0 Å². The van der Waals surface area contributed by atoms with Crippen molar-refractivity contribution >= 4 is 119 Å². The first-order chi connectivity index (χ1) is 13.7. The molecule has 3 fully saturated rings. The van der Waals surface area contributed by atoms with Crippen LogP contribution in [-0.4, -0.2) is 97.1 Å². The van der Waals surface area contributed by atoms with Crippen molar-refractivity contribution in [2.45, 2.75) is 33.4 Å². The summed E-state index contributed by atoms with van der Waals surface area (Å²) in [6, 6.07) is 0.327. The molecule has 0 aromatic heterocycles. The number of rotatable bonds is 2. The summed E-state index contributed by atoms with van der Waals surface area (Å²) in [5, 5.41) is 12.2. The molecular weight excluding hydrogens is 1120 g/mol. The Bertz CT molecular complexity index is 351. The quantitative estimate of drug-likeness (QED) is 0.233. The molecule has 4 unspecified atom stereocenters. The molecule has 0 saturated carbocycles. The fourth-order valence-electron chi connectivity index (χ4n) is 2.07. The van der Waals surface area contributed by atoms with Crippen LogP contribution in [0.2, 0.25) is 0 Å². The number of nitrogens with one attached hydrogen (secondary N) is 1. The van der Waals surface area contributed by atoms with Gasteiger partial charge < -0.3 is 15.2 Å². The molecule has 0 amide bonds. The van der Waals surface area contributed by atoms with E-state index >= 15 is 0 Å². The van der Waals surface area contributed by atoms with Gasteiger partial charge in [-0.1, -0.05) is 26.2 Å². The van der Waals surface area contributed by atoms with E-state index in [1.54, 1.807) is 0 Å². The maximum atomic E-state index is 8.89. The SMILES string of the molecule is C.CC(CO)N1CCN(P)CC1.CC1CO1.PN1CCNCC1.[I][V]([I])[I].[I][V][I].[V]. The molecule has 3 saturated heterocycles. The number of nitrogens with zero attached hydrogens (tertiary/aromatic N) is 3. The first-order valence-electron chi connectivity index (χ1n) is 9.04. The predicted molar refractivity (Wildman–Crippen MR) is 176 cm³/mol. The molecule has 3 aliphatic heterocycles. The third-order valence-electron chi connectivity index (χ3n) is 3.89. The van der Waals surface area contributed by atoms with E-state index in [0.717, 1.165) is 45.9 Å². The molecule has 3 heterocycles. The van der Waals surface area contributed by atoms with Crippen LogP contribution in [-0.2, 0) is 37.7 Å². The summed E-state index contributed by atoms with van der Waals surface area (Å²) in [5.74, 6) is 0. The van der Waals surface area contributed by atoms with E-state index in [9.17, 15) is 0 Å². The van der Waals surface area contributed by atoms with Crippen LogP contribution in [0.1, 0.15) is 21.3 Å². The molecule has 3 rings (SSSR count). The number of piperazine rings is 2. The van der Waals surface area contributed by atoms with Crippen LogP contribution in [0.15, 0.2) is 0 Å². The smallest absolute Gasteiger partial charge is 0 e. The van der Waals surface area contributed by atoms with E-state index in [0.29, 0.717) is 21.6 Å². The Hall–Kier alpha value is 6.02. The maximum absolute atomic E-state index is 8.89. The average molecular weight is 1160 g/mol. The van der Waals surface area contributed by atoms with Crippen LogP contribution in [0.25, 0.3) is 0 Å². The number of ether oxygens (including phenoxy) is 1. The number of epoxide rings is 1. The van der Waals surface area contributed by atoms with Crippen molar-refractivity contribution in [3.63, 3.8) is 0 Å². The number of halogens is 5. The number of aliphatic hydroxyl groups is 1. The molecule has 4 atom stereocenters. The van der Waals surface area contributed by atoms with Crippen LogP contribution in [0.3, 0.4) is 0 Å². The summed E-state index contributed by atoms with van der Waals surface area (Å²) in [6.45, 7) is 14.3. The summed E-state index contributed by atoms with van der Waals surface area (Å²) in [7, 11) is 6.04. The van der Waals surface area contributed by atoms with Crippen LogP contribution in [0, 0.1) is 0 Å². The molecule has 0 aliphatic carbocycles. The average Bonchev–Trinajstić information content (AvgIpc) is 3.46. The van der Waals surface area contributed by atoms with Gasteiger partial charge in [0.05, 0.1) is 19.3 Å². The van der Waals surface area contributed by atoms with Gasteiger partial charge in [-0.2, -0.15) is 0 Å². The third-order valence-corrected chi connectivity index (χ3v) is 4.92. The van der Waals surface area contributed by atoms with Crippen molar-refractivity contribution in [3.8, 4) is 0 Å². The van der Waals surface area contributed by atoms with Crippen molar-refractivity contribution in [1.82, 2.24) is 19.6 Å². The van der Waals surface area contributed by atoms with Gasteiger partial charge in [0, 0.05) is 77.0 Å². The van der Waals surface area contributed by atoms with Gasteiger partial charge in [-0.25, -0.2) is 0 Å². The zero-order valence-corrected chi connectivity index (χ0v) is 34.6. The molecule has 3 aliphatic rings. The van der Waals surface area contributed by atoms with Gasteiger partial charge in [0.15, 0.2) is 0 Å². The molecule has 31 heavy (non-hydrogen) atoms. The van der Waals surface area contributed by atoms with E-state index in [2.05, 4.69) is 152 Å². The summed E-state index contributed by atoms with van der Waals surface area (Å²) >= 11 is 12.1. The first-order valence-corrected chi connectivity index (χ1v) is 32.6. The zero-order chi connectivity index (χ0) is 22.7. The summed E-state index contributed by atoms with van der Waals surface area (Å²) in [6.07, 6.45) is 0.583. The van der Waals surface area contributed by atoms with Crippen LogP contribution >= 0.6 is 119 Å². The van der Waals surface area contributed by atoms with Crippen molar-refractivity contribution in [3.05, 3.63) is 0 Å². The second kappa shape index (κ2) is 32.2. The van der Waals surface area contributed by atoms with E-state index in [-0.39, 0.29) is 37.5 Å². The van der Waals surface area contributed by atoms with Crippen LogP contribution in [0.4, 0.5) is 0 Å². The van der Waals surface area contributed by atoms with E-state index in [4.69, 9.17) is 9.84 Å². The summed E-state index contributed by atoms with van der Waals surface area (Å²) in [5.41, 5.74) is 0. The Morgan fingerprint density at radius 3 is 1.61 bits per heavy atom. The number of aliphatic hydroxyl groups excluding tert-OH is 1. The minimum atomic E-state index is -0.278. The van der Waals surface area contributed by atoms with Gasteiger partial charge >= 0.3 is 114 Å². The van der Waals surface area contributed by atoms with E-state index in [1.807, 2.05) is 0 Å². The Kier molecular flexibility index (Phi) is 45.8. The molecular formula is C15H38I5N4O2P2V3. The fraction of sp³-hybridized carbons (Fsp3) is 1.00. The molecule has 0 aromatic rings. The molecule has 6 nitrogen and oxygen atoms in total. The van der Waals surface area contributed by atoms with Gasteiger partial charge in [0.2, 0.25) is 0 Å². The van der Waals surface area contributed by atoms with Crippen molar-refractivity contribution in [2.24, 2.45) is 0 Å². The van der Waals surface area contributed by atoms with E-state index in [1.165, 1.54) is 13.1 Å². The molecule has 2 N–H and O–H groups in total. The van der Waals surface area contributed by atoms with Crippen LogP contribution < -0.4 is 5.32 Å². The third kappa shape index (κ3) is 38.2. The van der Waals surface area contributed by atoms with Crippen molar-refractivity contribution in [2.75, 3.05) is 65.6 Å². The normalized spacial score (nSPS) is 21.5. The molecule has 190 valence electrons.